The molecule has 0 aliphatic rings. The van der Waals surface area contributed by atoms with Gasteiger partial charge in [-0.1, -0.05) is 46.7 Å². The highest BCUT2D eigenvalue weighted by atomic mass is 35.5. The van der Waals surface area contributed by atoms with Crippen molar-refractivity contribution in [1.29, 1.82) is 0 Å². The van der Waals surface area contributed by atoms with Crippen LogP contribution in [0.25, 0.3) is 21.9 Å². The number of nitrogens with one attached hydrogen (secondary N) is 1. The summed E-state index contributed by atoms with van der Waals surface area (Å²) in [4.78, 5) is 4.94. The largest absolute Gasteiger partial charge is 0.497 e. The van der Waals surface area contributed by atoms with Crippen molar-refractivity contribution in [1.82, 2.24) is 15.2 Å². The molecule has 10 heteroatoms. The summed E-state index contributed by atoms with van der Waals surface area (Å²) < 4.78 is 20.2. The molecule has 0 amide bonds. The fraction of sp³-hybridized carbons (Fsp3) is 0.115. The lowest BCUT2D eigenvalue weighted by atomic mass is 10.0. The van der Waals surface area contributed by atoms with Gasteiger partial charge in [-0.15, -0.1) is 10.2 Å². The number of aromatic nitrogens is 3. The lowest BCUT2D eigenvalue weighted by molar-refractivity contribution is 0.415. The maximum absolute atomic E-state index is 12.2. The van der Waals surface area contributed by atoms with Crippen LogP contribution in [0.2, 0.25) is 10.0 Å². The molecule has 5 rings (SSSR count). The van der Waals surface area contributed by atoms with Gasteiger partial charge in [-0.2, -0.15) is 0 Å². The Morgan fingerprint density at radius 3 is 2.50 bits per heavy atom. The zero-order valence-electron chi connectivity index (χ0n) is 19.7. The van der Waals surface area contributed by atoms with E-state index in [0.717, 1.165) is 43.9 Å². The number of fused-ring (bicyclic) bond motifs is 1. The number of benzene rings is 3. The molecular formula is C26H22Cl2N4O2S2. The Morgan fingerprint density at radius 2 is 1.78 bits per heavy atom. The van der Waals surface area contributed by atoms with Crippen molar-refractivity contribution in [3.8, 4) is 16.9 Å². The minimum Gasteiger partial charge on any atom is -0.497 e. The predicted molar refractivity (Wildman–Crippen MR) is 150 cm³/mol. The third kappa shape index (κ3) is 6.20. The molecule has 0 aliphatic carbocycles. The fourth-order valence-electron chi connectivity index (χ4n) is 3.44. The third-order valence-corrected chi connectivity index (χ3v) is 7.88. The van der Waals surface area contributed by atoms with Gasteiger partial charge < -0.3 is 4.74 Å². The maximum Gasteiger partial charge on any atom is 0.217 e. The molecular weight excluding hydrogens is 535 g/mol. The normalized spacial score (nSPS) is 11.5. The zero-order chi connectivity index (χ0) is 25.7. The number of halogens is 2. The van der Waals surface area contributed by atoms with Crippen molar-refractivity contribution in [2.75, 3.05) is 11.8 Å². The average Bonchev–Trinajstić information content (AvgIpc) is 3.39. The molecule has 0 bridgehead atoms. The highest BCUT2D eigenvalue weighted by Crippen LogP contribution is 2.33. The van der Waals surface area contributed by atoms with Gasteiger partial charge in [0.05, 0.1) is 12.0 Å². The van der Waals surface area contributed by atoms with Gasteiger partial charge in [0.25, 0.3) is 0 Å². The Hall–Kier alpha value is -3.04. The minimum absolute atomic E-state index is 0.546. The van der Waals surface area contributed by atoms with Crippen molar-refractivity contribution in [2.45, 2.75) is 18.7 Å². The van der Waals surface area contributed by atoms with Crippen molar-refractivity contribution in [2.24, 2.45) is 0 Å². The van der Waals surface area contributed by atoms with Gasteiger partial charge in [-0.3, -0.25) is 9.71 Å². The molecule has 0 saturated heterocycles. The lowest BCUT2D eigenvalue weighted by Crippen LogP contribution is -2.04. The van der Waals surface area contributed by atoms with E-state index in [1.807, 2.05) is 74.5 Å². The summed E-state index contributed by atoms with van der Waals surface area (Å²) in [6, 6.07) is 19.0. The van der Waals surface area contributed by atoms with Crippen LogP contribution in [0, 0.1) is 13.8 Å². The molecule has 0 saturated carbocycles. The van der Waals surface area contributed by atoms with Crippen LogP contribution in [0.3, 0.4) is 0 Å². The quantitative estimate of drug-likeness (QED) is 0.242. The monoisotopic (exact) mass is 556 g/mol. The van der Waals surface area contributed by atoms with Crippen molar-refractivity contribution < 1.29 is 8.95 Å². The second-order valence-corrected chi connectivity index (χ2v) is 10.6. The highest BCUT2D eigenvalue weighted by Gasteiger charge is 2.08. The Morgan fingerprint density at radius 1 is 0.972 bits per heavy atom. The first-order valence-electron chi connectivity index (χ1n) is 10.8. The molecule has 0 fully saturated rings. The molecule has 0 spiro atoms. The molecule has 6 nitrogen and oxygen atoms in total. The smallest absolute Gasteiger partial charge is 0.217 e. The van der Waals surface area contributed by atoms with E-state index >= 15 is 0 Å². The summed E-state index contributed by atoms with van der Waals surface area (Å²) in [6.45, 7) is 3.93. The third-order valence-electron chi connectivity index (χ3n) is 5.33. The van der Waals surface area contributed by atoms with Gasteiger partial charge in [0.1, 0.15) is 11.3 Å². The van der Waals surface area contributed by atoms with E-state index in [-0.39, 0.29) is 0 Å². The van der Waals surface area contributed by atoms with Gasteiger partial charge in [0.15, 0.2) is 11.0 Å². The van der Waals surface area contributed by atoms with Crippen molar-refractivity contribution >= 4 is 61.4 Å². The second kappa shape index (κ2) is 11.8. The molecule has 0 radical (unpaired) electrons. The molecule has 5 aromatic rings. The van der Waals surface area contributed by atoms with Gasteiger partial charge >= 0.3 is 0 Å². The van der Waals surface area contributed by atoms with Crippen LogP contribution in [0.5, 0.6) is 5.75 Å². The predicted octanol–water partition coefficient (Wildman–Crippen LogP) is 7.51. The standard InChI is InChI=1S/C14H12Cl2O.C12H10N4OS2/c1-9-7-10(3-5-13(9)15)12-8-11(17-2)4-6-14(12)16;1-8-11-3-2-10(6-9(11)4-5-13-8)19(17)16-12-15-14-7-18-12/h3-8H,1-2H3;2-7H,1H3,(H,15,16). The van der Waals surface area contributed by atoms with Crippen LogP contribution < -0.4 is 9.46 Å². The summed E-state index contributed by atoms with van der Waals surface area (Å²) in [5.41, 5.74) is 5.58. The molecule has 2 heterocycles. The summed E-state index contributed by atoms with van der Waals surface area (Å²) in [7, 11) is 0.301. The Labute approximate surface area is 225 Å². The lowest BCUT2D eigenvalue weighted by Gasteiger charge is -2.08. The number of hydrogen-bond acceptors (Lipinski definition) is 6. The van der Waals surface area contributed by atoms with Gasteiger partial charge in [-0.25, -0.2) is 4.21 Å². The molecule has 0 aliphatic heterocycles. The number of ether oxygens (including phenoxy) is 1. The Bertz CT molecular complexity index is 1530. The Balaban J connectivity index is 0.000000170. The number of rotatable bonds is 5. The SMILES string of the molecule is COc1ccc(Cl)c(-c2ccc(Cl)c(C)c2)c1.Cc1nccc2cc(S(=O)Nc3nncs3)ccc12. The van der Waals surface area contributed by atoms with Gasteiger partial charge in [0.2, 0.25) is 5.13 Å². The topological polar surface area (TPSA) is 77.0 Å². The minimum atomic E-state index is -1.34. The average molecular weight is 558 g/mol. The number of hydrogen-bond donors (Lipinski definition) is 1. The van der Waals surface area contributed by atoms with Crippen LogP contribution in [-0.2, 0) is 11.0 Å². The van der Waals surface area contributed by atoms with Crippen LogP contribution in [-0.4, -0.2) is 26.5 Å². The molecule has 36 heavy (non-hydrogen) atoms. The van der Waals surface area contributed by atoms with Crippen LogP contribution in [0.15, 0.2) is 77.3 Å². The van der Waals surface area contributed by atoms with Crippen LogP contribution in [0.1, 0.15) is 11.3 Å². The van der Waals surface area contributed by atoms with Crippen LogP contribution in [0.4, 0.5) is 5.13 Å². The summed E-state index contributed by atoms with van der Waals surface area (Å²) in [5.74, 6) is 0.789. The van der Waals surface area contributed by atoms with E-state index in [2.05, 4.69) is 19.9 Å². The Kier molecular flexibility index (Phi) is 8.53. The van der Waals surface area contributed by atoms with Crippen molar-refractivity contribution in [3.05, 3.63) is 93.7 Å². The number of aryl methyl sites for hydroxylation is 2. The van der Waals surface area contributed by atoms with Crippen molar-refractivity contribution in [3.63, 3.8) is 0 Å². The number of pyridine rings is 1. The first kappa shape index (κ1) is 26.0. The second-order valence-electron chi connectivity index (χ2n) is 7.70. The number of nitrogens with zero attached hydrogens (tertiary/aromatic N) is 3. The highest BCUT2D eigenvalue weighted by molar-refractivity contribution is 7.86. The van der Waals surface area contributed by atoms with Crippen LogP contribution >= 0.6 is 34.5 Å². The van der Waals surface area contributed by atoms with E-state index in [4.69, 9.17) is 27.9 Å². The maximum atomic E-state index is 12.2. The molecule has 184 valence electrons. The number of methoxy groups -OCH3 is 1. The molecule has 2 aromatic heterocycles. The zero-order valence-corrected chi connectivity index (χ0v) is 22.8. The first-order chi connectivity index (χ1) is 17.4. The van der Waals surface area contributed by atoms with E-state index in [1.165, 1.54) is 11.3 Å². The van der Waals surface area contributed by atoms with E-state index in [9.17, 15) is 4.21 Å². The van der Waals surface area contributed by atoms with E-state index in [1.54, 1.807) is 18.8 Å². The molecule has 3 aromatic carbocycles. The van der Waals surface area contributed by atoms with Gasteiger partial charge in [-0.05, 0) is 78.9 Å². The molecule has 1 unspecified atom stereocenters. The van der Waals surface area contributed by atoms with E-state index in [0.29, 0.717) is 15.0 Å². The number of anilines is 1. The molecule has 1 atom stereocenters. The van der Waals surface area contributed by atoms with E-state index < -0.39 is 11.0 Å². The fourth-order valence-corrected chi connectivity index (χ4v) is 5.24. The summed E-state index contributed by atoms with van der Waals surface area (Å²) >= 11 is 13.5. The summed E-state index contributed by atoms with van der Waals surface area (Å²) in [5, 5.41) is 11.6. The summed E-state index contributed by atoms with van der Waals surface area (Å²) in [6.07, 6.45) is 1.75. The first-order valence-corrected chi connectivity index (χ1v) is 13.5. The molecule has 1 N–H and O–H groups in total. The van der Waals surface area contributed by atoms with Gasteiger partial charge in [0, 0.05) is 32.9 Å².